The van der Waals surface area contributed by atoms with Gasteiger partial charge in [0.2, 0.25) is 15.9 Å². The molecule has 0 fully saturated rings. The lowest BCUT2D eigenvalue weighted by molar-refractivity contribution is -0.117. The van der Waals surface area contributed by atoms with Crippen molar-refractivity contribution in [1.29, 1.82) is 0 Å². The standard InChI is InChI=1S/C11H10Cl3N5O3S/c1-23(21,22)18-9-4-15-19(17-9)5-10(20)16-11-7(13)2-6(12)3-8(11)14/h2-4H,5H2,1H3,(H,16,20)(H,17,18). The zero-order valence-corrected chi connectivity index (χ0v) is 14.6. The summed E-state index contributed by atoms with van der Waals surface area (Å²) >= 11 is 17.7. The van der Waals surface area contributed by atoms with Gasteiger partial charge in [-0.25, -0.2) is 8.42 Å². The molecule has 1 amide bonds. The molecule has 1 heterocycles. The maximum absolute atomic E-state index is 12.0. The van der Waals surface area contributed by atoms with E-state index in [1.807, 2.05) is 0 Å². The van der Waals surface area contributed by atoms with Crippen molar-refractivity contribution in [2.45, 2.75) is 6.54 Å². The molecule has 0 unspecified atom stereocenters. The van der Waals surface area contributed by atoms with Crippen molar-refractivity contribution < 1.29 is 13.2 Å². The number of anilines is 2. The topological polar surface area (TPSA) is 106 Å². The highest BCUT2D eigenvalue weighted by Gasteiger charge is 2.13. The third-order valence-electron chi connectivity index (χ3n) is 2.38. The van der Waals surface area contributed by atoms with E-state index in [4.69, 9.17) is 34.8 Å². The first-order valence-corrected chi connectivity index (χ1v) is 8.99. The minimum absolute atomic E-state index is 0.00265. The molecular formula is C11H10Cl3N5O3S. The molecule has 0 saturated carbocycles. The molecule has 2 rings (SSSR count). The van der Waals surface area contributed by atoms with Gasteiger partial charge in [0.25, 0.3) is 0 Å². The summed E-state index contributed by atoms with van der Waals surface area (Å²) in [5, 5.41) is 10.8. The summed E-state index contributed by atoms with van der Waals surface area (Å²) in [6.45, 7) is -0.263. The fourth-order valence-corrected chi connectivity index (χ4v) is 2.96. The number of nitrogens with zero attached hydrogens (tertiary/aromatic N) is 3. The van der Waals surface area contributed by atoms with E-state index in [-0.39, 0.29) is 28.1 Å². The molecule has 2 N–H and O–H groups in total. The van der Waals surface area contributed by atoms with Crippen molar-refractivity contribution in [3.05, 3.63) is 33.4 Å². The Labute approximate surface area is 146 Å². The average molecular weight is 399 g/mol. The van der Waals surface area contributed by atoms with Gasteiger partial charge in [-0.05, 0) is 12.1 Å². The number of nitrogens with one attached hydrogen (secondary N) is 2. The summed E-state index contributed by atoms with van der Waals surface area (Å²) < 4.78 is 24.3. The zero-order valence-electron chi connectivity index (χ0n) is 11.5. The second-order valence-electron chi connectivity index (χ2n) is 4.43. The fourth-order valence-electron chi connectivity index (χ4n) is 1.58. The van der Waals surface area contributed by atoms with Crippen LogP contribution in [-0.2, 0) is 21.4 Å². The zero-order chi connectivity index (χ0) is 17.2. The third kappa shape index (κ3) is 5.24. The van der Waals surface area contributed by atoms with Gasteiger partial charge in [-0.1, -0.05) is 34.8 Å². The second kappa shape index (κ2) is 6.91. The summed E-state index contributed by atoms with van der Waals surface area (Å²) in [4.78, 5) is 13.0. The molecule has 0 spiro atoms. The van der Waals surface area contributed by atoms with Crippen molar-refractivity contribution in [2.75, 3.05) is 16.3 Å². The van der Waals surface area contributed by atoms with Crippen molar-refractivity contribution >= 4 is 62.2 Å². The van der Waals surface area contributed by atoms with Gasteiger partial charge in [0, 0.05) is 5.02 Å². The molecule has 2 aromatic rings. The molecule has 23 heavy (non-hydrogen) atoms. The van der Waals surface area contributed by atoms with E-state index >= 15 is 0 Å². The van der Waals surface area contributed by atoms with Crippen LogP contribution in [0.1, 0.15) is 0 Å². The van der Waals surface area contributed by atoms with Crippen LogP contribution in [0, 0.1) is 0 Å². The normalized spacial score (nSPS) is 11.3. The van der Waals surface area contributed by atoms with Gasteiger partial charge in [-0.2, -0.15) is 9.90 Å². The molecule has 1 aromatic heterocycles. The lowest BCUT2D eigenvalue weighted by atomic mass is 10.3. The van der Waals surface area contributed by atoms with Crippen LogP contribution in [0.15, 0.2) is 18.3 Å². The Balaban J connectivity index is 2.06. The first kappa shape index (κ1) is 17.8. The molecule has 0 radical (unpaired) electrons. The fraction of sp³-hybridized carbons (Fsp3) is 0.182. The summed E-state index contributed by atoms with van der Waals surface area (Å²) in [7, 11) is -3.47. The van der Waals surface area contributed by atoms with Gasteiger partial charge in [-0.3, -0.25) is 9.52 Å². The number of carbonyl (C=O) groups excluding carboxylic acids is 1. The molecule has 0 aliphatic carbocycles. The average Bonchev–Trinajstić information content (AvgIpc) is 2.78. The second-order valence-corrected chi connectivity index (χ2v) is 7.43. The van der Waals surface area contributed by atoms with Crippen molar-refractivity contribution in [1.82, 2.24) is 15.0 Å². The van der Waals surface area contributed by atoms with E-state index in [0.29, 0.717) is 5.02 Å². The van der Waals surface area contributed by atoms with Crippen molar-refractivity contribution in [2.24, 2.45) is 0 Å². The van der Waals surface area contributed by atoms with E-state index in [0.717, 1.165) is 11.1 Å². The number of aromatic nitrogens is 3. The molecular weight excluding hydrogens is 389 g/mol. The van der Waals surface area contributed by atoms with Crippen LogP contribution >= 0.6 is 34.8 Å². The first-order chi connectivity index (χ1) is 10.6. The van der Waals surface area contributed by atoms with Gasteiger partial charge in [0.05, 0.1) is 28.2 Å². The van der Waals surface area contributed by atoms with E-state index in [1.165, 1.54) is 18.3 Å². The Morgan fingerprint density at radius 1 is 1.26 bits per heavy atom. The Bertz CT molecular complexity index is 829. The quantitative estimate of drug-likeness (QED) is 0.803. The minimum atomic E-state index is -3.47. The molecule has 0 aliphatic heterocycles. The number of hydrogen-bond acceptors (Lipinski definition) is 5. The lowest BCUT2D eigenvalue weighted by Crippen LogP contribution is -2.21. The largest absolute Gasteiger partial charge is 0.322 e. The number of amides is 1. The maximum atomic E-state index is 12.0. The first-order valence-electron chi connectivity index (χ1n) is 5.96. The molecule has 0 aliphatic rings. The van der Waals surface area contributed by atoms with Crippen LogP contribution in [0.3, 0.4) is 0 Å². The van der Waals surface area contributed by atoms with E-state index in [2.05, 4.69) is 20.2 Å². The highest BCUT2D eigenvalue weighted by molar-refractivity contribution is 7.92. The summed E-state index contributed by atoms with van der Waals surface area (Å²) in [5.74, 6) is -0.500. The van der Waals surface area contributed by atoms with Crippen LogP contribution in [-0.4, -0.2) is 35.6 Å². The van der Waals surface area contributed by atoms with E-state index in [9.17, 15) is 13.2 Å². The predicted molar refractivity (Wildman–Crippen MR) is 88.6 cm³/mol. The number of rotatable bonds is 5. The molecule has 0 atom stereocenters. The van der Waals surface area contributed by atoms with Crippen LogP contribution in [0.5, 0.6) is 0 Å². The SMILES string of the molecule is CS(=O)(=O)Nc1cnn(CC(=O)Nc2c(Cl)cc(Cl)cc2Cl)n1. The van der Waals surface area contributed by atoms with Gasteiger partial charge >= 0.3 is 0 Å². The molecule has 12 heteroatoms. The molecule has 1 aromatic carbocycles. The van der Waals surface area contributed by atoms with Crippen LogP contribution in [0.2, 0.25) is 15.1 Å². The maximum Gasteiger partial charge on any atom is 0.248 e. The van der Waals surface area contributed by atoms with E-state index < -0.39 is 15.9 Å². The summed E-state index contributed by atoms with van der Waals surface area (Å²) in [6, 6.07) is 2.87. The monoisotopic (exact) mass is 397 g/mol. The summed E-state index contributed by atoms with van der Waals surface area (Å²) in [6.07, 6.45) is 2.15. The van der Waals surface area contributed by atoms with Crippen LogP contribution < -0.4 is 10.0 Å². The lowest BCUT2D eigenvalue weighted by Gasteiger charge is -2.09. The third-order valence-corrected chi connectivity index (χ3v) is 3.78. The minimum Gasteiger partial charge on any atom is -0.322 e. The highest BCUT2D eigenvalue weighted by Crippen LogP contribution is 2.33. The van der Waals surface area contributed by atoms with Crippen LogP contribution in [0.4, 0.5) is 11.5 Å². The van der Waals surface area contributed by atoms with Gasteiger partial charge in [0.15, 0.2) is 5.82 Å². The van der Waals surface area contributed by atoms with Gasteiger partial charge in [0.1, 0.15) is 6.54 Å². The Morgan fingerprint density at radius 3 is 2.43 bits per heavy atom. The number of halogens is 3. The summed E-state index contributed by atoms with van der Waals surface area (Å²) in [5.41, 5.74) is 0.212. The molecule has 0 saturated heterocycles. The van der Waals surface area contributed by atoms with Gasteiger partial charge < -0.3 is 5.32 Å². The molecule has 8 nitrogen and oxygen atoms in total. The number of carbonyl (C=O) groups is 1. The smallest absolute Gasteiger partial charge is 0.248 e. The Morgan fingerprint density at radius 2 is 1.87 bits per heavy atom. The number of hydrogen-bond donors (Lipinski definition) is 2. The van der Waals surface area contributed by atoms with Crippen LogP contribution in [0.25, 0.3) is 0 Å². The Hall–Kier alpha value is -1.55. The van der Waals surface area contributed by atoms with Gasteiger partial charge in [-0.15, -0.1) is 5.10 Å². The Kier molecular flexibility index (Phi) is 5.35. The number of sulfonamides is 1. The predicted octanol–water partition coefficient (Wildman–Crippen LogP) is 2.25. The molecule has 0 bridgehead atoms. The van der Waals surface area contributed by atoms with Crippen molar-refractivity contribution in [3.63, 3.8) is 0 Å². The van der Waals surface area contributed by atoms with Crippen molar-refractivity contribution in [3.8, 4) is 0 Å². The number of benzene rings is 1. The molecule has 124 valence electrons. The van der Waals surface area contributed by atoms with E-state index in [1.54, 1.807) is 0 Å². The highest BCUT2D eigenvalue weighted by atomic mass is 35.5.